The summed E-state index contributed by atoms with van der Waals surface area (Å²) >= 11 is 0. The third-order valence-electron chi connectivity index (χ3n) is 4.17. The summed E-state index contributed by atoms with van der Waals surface area (Å²) in [5.74, 6) is 0.296. The number of amides is 1. The topological polar surface area (TPSA) is 84.5 Å². The molecule has 0 aliphatic heterocycles. The summed E-state index contributed by atoms with van der Waals surface area (Å²) in [6.45, 7) is 6.02. The predicted octanol–water partition coefficient (Wildman–Crippen LogP) is 3.64. The Bertz CT molecular complexity index is 900. The van der Waals surface area contributed by atoms with Gasteiger partial charge in [-0.1, -0.05) is 25.5 Å². The Labute approximate surface area is 161 Å². The highest BCUT2D eigenvalue weighted by molar-refractivity contribution is 7.92. The van der Waals surface area contributed by atoms with Crippen LogP contribution in [0.1, 0.15) is 41.3 Å². The fourth-order valence-electron chi connectivity index (χ4n) is 2.89. The second-order valence-corrected chi connectivity index (χ2v) is 7.97. The molecule has 0 bridgehead atoms. The van der Waals surface area contributed by atoms with Gasteiger partial charge in [0.05, 0.1) is 23.3 Å². The van der Waals surface area contributed by atoms with Gasteiger partial charge in [0.25, 0.3) is 15.9 Å². The lowest BCUT2D eigenvalue weighted by molar-refractivity contribution is 0.0954. The van der Waals surface area contributed by atoms with Crippen LogP contribution >= 0.6 is 0 Å². The molecule has 0 heterocycles. The molecule has 2 rings (SSSR count). The van der Waals surface area contributed by atoms with E-state index in [0.29, 0.717) is 29.0 Å². The molecule has 0 saturated carbocycles. The molecule has 2 N–H and O–H groups in total. The van der Waals surface area contributed by atoms with E-state index >= 15 is 0 Å². The molecule has 0 atom stereocenters. The summed E-state index contributed by atoms with van der Waals surface area (Å²) in [5, 5.41) is 2.81. The lowest BCUT2D eigenvalue weighted by atomic mass is 10.1. The fraction of sp³-hybridized carbons (Fsp3) is 0.350. The molecule has 0 aliphatic rings. The van der Waals surface area contributed by atoms with E-state index in [1.54, 1.807) is 50.2 Å². The maximum absolute atomic E-state index is 13.0. The number of nitrogens with one attached hydrogen (secondary N) is 2. The Kier molecular flexibility index (Phi) is 6.85. The fourth-order valence-corrected chi connectivity index (χ4v) is 4.43. The predicted molar refractivity (Wildman–Crippen MR) is 107 cm³/mol. The second-order valence-electron chi connectivity index (χ2n) is 6.35. The van der Waals surface area contributed by atoms with Crippen LogP contribution in [0.3, 0.4) is 0 Å². The van der Waals surface area contributed by atoms with E-state index in [-0.39, 0.29) is 16.5 Å². The van der Waals surface area contributed by atoms with Gasteiger partial charge < -0.3 is 10.1 Å². The third-order valence-corrected chi connectivity index (χ3v) is 5.84. The van der Waals surface area contributed by atoms with Crippen molar-refractivity contribution < 1.29 is 17.9 Å². The number of hydrogen-bond donors (Lipinski definition) is 2. The summed E-state index contributed by atoms with van der Waals surface area (Å²) in [4.78, 5) is 12.6. The minimum Gasteiger partial charge on any atom is -0.497 e. The summed E-state index contributed by atoms with van der Waals surface area (Å²) in [6, 6.07) is 9.92. The Morgan fingerprint density at radius 3 is 2.33 bits per heavy atom. The highest BCUT2D eigenvalue weighted by Gasteiger charge is 2.23. The molecule has 146 valence electrons. The molecule has 7 heteroatoms. The number of rotatable bonds is 8. The van der Waals surface area contributed by atoms with Crippen LogP contribution in [-0.2, 0) is 10.0 Å². The summed E-state index contributed by atoms with van der Waals surface area (Å²) in [5.41, 5.74) is 1.69. The molecule has 0 aromatic heterocycles. The van der Waals surface area contributed by atoms with Gasteiger partial charge in [-0.3, -0.25) is 9.52 Å². The Hall–Kier alpha value is -2.54. The maximum Gasteiger partial charge on any atom is 0.262 e. The number of unbranched alkanes of at least 4 members (excludes halogenated alkanes) is 1. The first-order chi connectivity index (χ1) is 12.8. The van der Waals surface area contributed by atoms with Crippen LogP contribution in [0.5, 0.6) is 5.75 Å². The van der Waals surface area contributed by atoms with Gasteiger partial charge in [0.1, 0.15) is 5.75 Å². The summed E-state index contributed by atoms with van der Waals surface area (Å²) < 4.78 is 33.7. The summed E-state index contributed by atoms with van der Waals surface area (Å²) in [6.07, 6.45) is 1.83. The number of carbonyl (C=O) groups excluding carboxylic acids is 1. The van der Waals surface area contributed by atoms with Crippen molar-refractivity contribution in [2.75, 3.05) is 18.4 Å². The minimum atomic E-state index is -3.87. The lowest BCUT2D eigenvalue weighted by Crippen LogP contribution is -2.26. The van der Waals surface area contributed by atoms with E-state index in [2.05, 4.69) is 10.0 Å². The molecule has 0 fully saturated rings. The van der Waals surface area contributed by atoms with Crippen molar-refractivity contribution in [3.63, 3.8) is 0 Å². The van der Waals surface area contributed by atoms with Gasteiger partial charge >= 0.3 is 0 Å². The molecule has 1 amide bonds. The molecule has 0 spiro atoms. The van der Waals surface area contributed by atoms with Crippen LogP contribution in [0.2, 0.25) is 0 Å². The van der Waals surface area contributed by atoms with Crippen LogP contribution in [0, 0.1) is 13.8 Å². The van der Waals surface area contributed by atoms with Crippen molar-refractivity contribution in [1.82, 2.24) is 5.32 Å². The normalized spacial score (nSPS) is 11.1. The van der Waals surface area contributed by atoms with Crippen LogP contribution < -0.4 is 14.8 Å². The Morgan fingerprint density at radius 2 is 1.74 bits per heavy atom. The van der Waals surface area contributed by atoms with Gasteiger partial charge in [0.2, 0.25) is 0 Å². The Balaban J connectivity index is 2.36. The first-order valence-corrected chi connectivity index (χ1v) is 10.3. The number of anilines is 1. The zero-order chi connectivity index (χ0) is 20.0. The second kappa shape index (κ2) is 8.90. The molecule has 27 heavy (non-hydrogen) atoms. The van der Waals surface area contributed by atoms with Crippen molar-refractivity contribution in [3.05, 3.63) is 53.1 Å². The number of para-hydroxylation sites is 1. The number of benzene rings is 2. The van der Waals surface area contributed by atoms with E-state index in [1.807, 2.05) is 6.92 Å². The first kappa shape index (κ1) is 20.8. The SMILES string of the molecule is CCCCNC(=O)c1ccccc1NS(=O)(=O)c1c(C)cc(OC)cc1C. The zero-order valence-electron chi connectivity index (χ0n) is 16.1. The number of sulfonamides is 1. The molecule has 0 radical (unpaired) electrons. The average Bonchev–Trinajstić information content (AvgIpc) is 2.61. The Morgan fingerprint density at radius 1 is 1.11 bits per heavy atom. The van der Waals surface area contributed by atoms with Gasteiger partial charge in [0, 0.05) is 6.54 Å². The van der Waals surface area contributed by atoms with E-state index in [1.165, 1.54) is 7.11 Å². The molecule has 0 unspecified atom stereocenters. The molecule has 0 aliphatic carbocycles. The number of hydrogen-bond acceptors (Lipinski definition) is 4. The van der Waals surface area contributed by atoms with Crippen molar-refractivity contribution in [2.24, 2.45) is 0 Å². The quantitative estimate of drug-likeness (QED) is 0.674. The smallest absolute Gasteiger partial charge is 0.262 e. The molecular weight excluding hydrogens is 364 g/mol. The van der Waals surface area contributed by atoms with Crippen LogP contribution in [0.4, 0.5) is 5.69 Å². The van der Waals surface area contributed by atoms with Gasteiger partial charge in [-0.25, -0.2) is 8.42 Å². The number of ether oxygens (including phenoxy) is 1. The van der Waals surface area contributed by atoms with E-state index in [9.17, 15) is 13.2 Å². The molecule has 0 saturated heterocycles. The first-order valence-electron chi connectivity index (χ1n) is 8.85. The van der Waals surface area contributed by atoms with Crippen molar-refractivity contribution in [3.8, 4) is 5.75 Å². The van der Waals surface area contributed by atoms with Crippen molar-refractivity contribution >= 4 is 21.6 Å². The highest BCUT2D eigenvalue weighted by atomic mass is 32.2. The maximum atomic E-state index is 13.0. The number of carbonyl (C=O) groups is 1. The lowest BCUT2D eigenvalue weighted by Gasteiger charge is -2.16. The van der Waals surface area contributed by atoms with E-state index < -0.39 is 10.0 Å². The monoisotopic (exact) mass is 390 g/mol. The standard InChI is InChI=1S/C20H26N2O4S/c1-5-6-11-21-20(23)17-9-7-8-10-18(17)22-27(24,25)19-14(2)12-16(26-4)13-15(19)3/h7-10,12-13,22H,5-6,11H2,1-4H3,(H,21,23). The van der Waals surface area contributed by atoms with Gasteiger partial charge in [-0.2, -0.15) is 0 Å². The van der Waals surface area contributed by atoms with E-state index in [4.69, 9.17) is 4.74 Å². The largest absolute Gasteiger partial charge is 0.497 e. The minimum absolute atomic E-state index is 0.185. The van der Waals surface area contributed by atoms with E-state index in [0.717, 1.165) is 12.8 Å². The third kappa shape index (κ3) is 5.01. The van der Waals surface area contributed by atoms with Gasteiger partial charge in [-0.05, 0) is 55.7 Å². The van der Waals surface area contributed by atoms with Crippen molar-refractivity contribution in [2.45, 2.75) is 38.5 Å². The van der Waals surface area contributed by atoms with Crippen molar-refractivity contribution in [1.29, 1.82) is 0 Å². The average molecular weight is 391 g/mol. The van der Waals surface area contributed by atoms with Gasteiger partial charge in [0.15, 0.2) is 0 Å². The number of methoxy groups -OCH3 is 1. The van der Waals surface area contributed by atoms with Crippen LogP contribution in [-0.4, -0.2) is 28.0 Å². The summed E-state index contributed by atoms with van der Waals surface area (Å²) in [7, 11) is -2.33. The highest BCUT2D eigenvalue weighted by Crippen LogP contribution is 2.28. The number of aryl methyl sites for hydroxylation is 2. The zero-order valence-corrected chi connectivity index (χ0v) is 16.9. The van der Waals surface area contributed by atoms with Crippen LogP contribution in [0.25, 0.3) is 0 Å². The molecule has 6 nitrogen and oxygen atoms in total. The molecule has 2 aromatic rings. The molecular formula is C20H26N2O4S. The molecule has 2 aromatic carbocycles. The van der Waals surface area contributed by atoms with Gasteiger partial charge in [-0.15, -0.1) is 0 Å². The van der Waals surface area contributed by atoms with Crippen LogP contribution in [0.15, 0.2) is 41.3 Å².